The number of hydrogen-bond donors (Lipinski definition) is 1. The number of thioether (sulfide) groups is 1. The van der Waals surface area contributed by atoms with Crippen LogP contribution in [0.2, 0.25) is 0 Å². The highest BCUT2D eigenvalue weighted by molar-refractivity contribution is 8.00. The van der Waals surface area contributed by atoms with Crippen molar-refractivity contribution >= 4 is 17.5 Å². The third kappa shape index (κ3) is 3.61. The summed E-state index contributed by atoms with van der Waals surface area (Å²) in [5, 5.41) is 9.49. The summed E-state index contributed by atoms with van der Waals surface area (Å²) in [7, 11) is 0. The van der Waals surface area contributed by atoms with Gasteiger partial charge in [0.05, 0.1) is 6.10 Å². The van der Waals surface area contributed by atoms with Crippen LogP contribution in [0.3, 0.4) is 0 Å². The number of rotatable bonds is 5. The van der Waals surface area contributed by atoms with Crippen molar-refractivity contribution in [3.05, 3.63) is 24.0 Å². The fraction of sp³-hybridized carbons (Fsp3) is 0.500. The van der Waals surface area contributed by atoms with Gasteiger partial charge < -0.3 is 5.11 Å². The van der Waals surface area contributed by atoms with Gasteiger partial charge in [-0.15, -0.1) is 11.8 Å². The molecule has 1 N–H and O–H groups in total. The Hall–Kier alpha value is -0.870. The van der Waals surface area contributed by atoms with Gasteiger partial charge in [0.15, 0.2) is 5.78 Å². The summed E-state index contributed by atoms with van der Waals surface area (Å²) in [6.07, 6.45) is 1.80. The number of Topliss-reactive ketones (excluding diaryl/α,β-unsaturated/α-hetero) is 1. The van der Waals surface area contributed by atoms with Crippen LogP contribution in [0.25, 0.3) is 0 Å². The highest BCUT2D eigenvalue weighted by atomic mass is 32.2. The first-order valence-corrected chi connectivity index (χ1v) is 6.26. The second-order valence-corrected chi connectivity index (χ2v) is 5.17. The zero-order valence-corrected chi connectivity index (χ0v) is 10.6. The molecule has 0 bridgehead atoms. The third-order valence-electron chi connectivity index (χ3n) is 2.34. The van der Waals surface area contributed by atoms with Gasteiger partial charge in [0.1, 0.15) is 5.69 Å². The monoisotopic (exact) mass is 239 g/mol. The number of aliphatic hydroxyl groups excluding tert-OH is 1. The lowest BCUT2D eigenvalue weighted by atomic mass is 10.2. The average molecular weight is 239 g/mol. The number of pyridine rings is 1. The molecule has 0 aliphatic carbocycles. The van der Waals surface area contributed by atoms with Crippen LogP contribution in [0.5, 0.6) is 0 Å². The van der Waals surface area contributed by atoms with Gasteiger partial charge in [-0.1, -0.05) is 13.8 Å². The largest absolute Gasteiger partial charge is 0.392 e. The van der Waals surface area contributed by atoms with E-state index < -0.39 is 0 Å². The van der Waals surface area contributed by atoms with Crippen LogP contribution in [0, 0.1) is 0 Å². The lowest BCUT2D eigenvalue weighted by molar-refractivity contribution is 0.0983. The Labute approximate surface area is 100 Å². The maximum absolute atomic E-state index is 11.3. The minimum Gasteiger partial charge on any atom is -0.392 e. The topological polar surface area (TPSA) is 50.2 Å². The molecule has 0 saturated heterocycles. The summed E-state index contributed by atoms with van der Waals surface area (Å²) in [6, 6.07) is 3.61. The molecule has 0 aliphatic rings. The third-order valence-corrected chi connectivity index (χ3v) is 3.62. The van der Waals surface area contributed by atoms with Crippen molar-refractivity contribution in [2.24, 2.45) is 0 Å². The molecule has 2 unspecified atom stereocenters. The van der Waals surface area contributed by atoms with E-state index in [0.717, 1.165) is 4.90 Å². The number of ketones is 1. The summed E-state index contributed by atoms with van der Waals surface area (Å²) in [6.45, 7) is 5.54. The molecule has 1 aromatic heterocycles. The van der Waals surface area contributed by atoms with Gasteiger partial charge in [-0.2, -0.15) is 0 Å². The van der Waals surface area contributed by atoms with Crippen molar-refractivity contribution < 1.29 is 9.90 Å². The maximum Gasteiger partial charge on any atom is 0.180 e. The van der Waals surface area contributed by atoms with E-state index in [2.05, 4.69) is 4.98 Å². The van der Waals surface area contributed by atoms with E-state index in [1.165, 1.54) is 0 Å². The first kappa shape index (κ1) is 13.2. The standard InChI is InChI=1S/C12H17NO2S/c1-4-12(15)11-6-5-10(7-13-11)16-9(3)8(2)14/h5-9,14H,4H2,1-3H3. The second-order valence-electron chi connectivity index (χ2n) is 3.72. The van der Waals surface area contributed by atoms with Crippen molar-refractivity contribution in [1.82, 2.24) is 4.98 Å². The number of aliphatic hydroxyl groups is 1. The van der Waals surface area contributed by atoms with Crippen LogP contribution in [0.4, 0.5) is 0 Å². The Kier molecular flexibility index (Phi) is 4.96. The lowest BCUT2D eigenvalue weighted by Crippen LogP contribution is -2.14. The van der Waals surface area contributed by atoms with E-state index in [1.807, 2.05) is 19.9 Å². The van der Waals surface area contributed by atoms with Crippen LogP contribution in [-0.4, -0.2) is 27.2 Å². The molecular formula is C12H17NO2S. The molecule has 0 radical (unpaired) electrons. The SMILES string of the molecule is CCC(=O)c1ccc(SC(C)C(C)O)cn1. The van der Waals surface area contributed by atoms with Crippen molar-refractivity contribution in [3.63, 3.8) is 0 Å². The molecule has 1 rings (SSSR count). The number of nitrogens with zero attached hydrogens (tertiary/aromatic N) is 1. The van der Waals surface area contributed by atoms with Gasteiger partial charge in [0.25, 0.3) is 0 Å². The molecule has 1 aromatic rings. The van der Waals surface area contributed by atoms with Crippen molar-refractivity contribution in [2.45, 2.75) is 43.4 Å². The van der Waals surface area contributed by atoms with Gasteiger partial charge in [-0.05, 0) is 19.1 Å². The van der Waals surface area contributed by atoms with E-state index in [9.17, 15) is 9.90 Å². The van der Waals surface area contributed by atoms with Gasteiger partial charge in [-0.3, -0.25) is 9.78 Å². The summed E-state index contributed by atoms with van der Waals surface area (Å²) in [4.78, 5) is 16.4. The maximum atomic E-state index is 11.3. The Bertz CT molecular complexity index is 349. The molecule has 0 spiro atoms. The van der Waals surface area contributed by atoms with Gasteiger partial charge >= 0.3 is 0 Å². The fourth-order valence-electron chi connectivity index (χ4n) is 1.11. The summed E-state index contributed by atoms with van der Waals surface area (Å²) >= 11 is 1.56. The Morgan fingerprint density at radius 3 is 2.62 bits per heavy atom. The summed E-state index contributed by atoms with van der Waals surface area (Å²) < 4.78 is 0. The van der Waals surface area contributed by atoms with Crippen LogP contribution in [-0.2, 0) is 0 Å². The molecule has 0 aromatic carbocycles. The van der Waals surface area contributed by atoms with E-state index in [0.29, 0.717) is 12.1 Å². The molecule has 3 nitrogen and oxygen atoms in total. The summed E-state index contributed by atoms with van der Waals surface area (Å²) in [5.41, 5.74) is 0.511. The quantitative estimate of drug-likeness (QED) is 0.633. The van der Waals surface area contributed by atoms with Gasteiger partial charge in [0.2, 0.25) is 0 Å². The Balaban J connectivity index is 2.68. The normalized spacial score (nSPS) is 14.5. The first-order valence-electron chi connectivity index (χ1n) is 5.38. The second kappa shape index (κ2) is 6.01. The number of aromatic nitrogens is 1. The number of carbonyl (C=O) groups excluding carboxylic acids is 1. The van der Waals surface area contributed by atoms with Gasteiger partial charge in [0, 0.05) is 22.8 Å². The van der Waals surface area contributed by atoms with E-state index in [4.69, 9.17) is 0 Å². The van der Waals surface area contributed by atoms with Crippen LogP contribution in [0.1, 0.15) is 37.7 Å². The minimum absolute atomic E-state index is 0.0557. The molecular weight excluding hydrogens is 222 g/mol. The van der Waals surface area contributed by atoms with E-state index in [1.54, 1.807) is 30.9 Å². The zero-order valence-electron chi connectivity index (χ0n) is 9.80. The molecule has 2 atom stereocenters. The van der Waals surface area contributed by atoms with Crippen LogP contribution < -0.4 is 0 Å². The molecule has 88 valence electrons. The average Bonchev–Trinajstić information content (AvgIpc) is 2.28. The van der Waals surface area contributed by atoms with Crippen molar-refractivity contribution in [1.29, 1.82) is 0 Å². The van der Waals surface area contributed by atoms with Crippen LogP contribution >= 0.6 is 11.8 Å². The molecule has 0 amide bonds. The predicted octanol–water partition coefficient (Wildman–Crippen LogP) is 2.54. The lowest BCUT2D eigenvalue weighted by Gasteiger charge is -2.13. The first-order chi connectivity index (χ1) is 7.54. The Morgan fingerprint density at radius 2 is 2.19 bits per heavy atom. The highest BCUT2D eigenvalue weighted by Crippen LogP contribution is 2.24. The number of carbonyl (C=O) groups is 1. The van der Waals surface area contributed by atoms with Crippen LogP contribution in [0.15, 0.2) is 23.2 Å². The molecule has 16 heavy (non-hydrogen) atoms. The van der Waals surface area contributed by atoms with E-state index >= 15 is 0 Å². The molecule has 0 fully saturated rings. The predicted molar refractivity (Wildman–Crippen MR) is 65.9 cm³/mol. The molecule has 0 saturated carbocycles. The highest BCUT2D eigenvalue weighted by Gasteiger charge is 2.11. The molecule has 1 heterocycles. The van der Waals surface area contributed by atoms with Crippen molar-refractivity contribution in [3.8, 4) is 0 Å². The van der Waals surface area contributed by atoms with E-state index in [-0.39, 0.29) is 17.1 Å². The number of hydrogen-bond acceptors (Lipinski definition) is 4. The molecule has 4 heteroatoms. The van der Waals surface area contributed by atoms with Crippen molar-refractivity contribution in [2.75, 3.05) is 0 Å². The fourth-order valence-corrected chi connectivity index (χ4v) is 2.00. The Morgan fingerprint density at radius 1 is 1.50 bits per heavy atom. The molecule has 0 aliphatic heterocycles. The summed E-state index contributed by atoms with van der Waals surface area (Å²) in [5.74, 6) is 0.0557. The minimum atomic E-state index is -0.359. The zero-order chi connectivity index (χ0) is 12.1. The smallest absolute Gasteiger partial charge is 0.180 e. The van der Waals surface area contributed by atoms with Gasteiger partial charge in [-0.25, -0.2) is 0 Å².